The third kappa shape index (κ3) is 18.4. The Morgan fingerprint density at radius 3 is 1.49 bits per heavy atom. The van der Waals surface area contributed by atoms with Crippen LogP contribution in [0.3, 0.4) is 0 Å². The minimum absolute atomic E-state index is 0.772. The van der Waals surface area contributed by atoms with E-state index in [0.717, 1.165) is 47.6 Å². The fourth-order valence-electron chi connectivity index (χ4n) is 5.19. The van der Waals surface area contributed by atoms with E-state index in [1.807, 2.05) is 0 Å². The maximum absolute atomic E-state index is 6.27. The van der Waals surface area contributed by atoms with Gasteiger partial charge in [0.05, 0.1) is 13.2 Å². The van der Waals surface area contributed by atoms with Gasteiger partial charge in [-0.25, -0.2) is 0 Å². The first kappa shape index (κ1) is 35.5. The number of hydrogen-bond donors (Lipinski definition) is 0. The standard InChI is InChI=1S/C38H59BrO2/c1-3-5-7-9-11-13-15-17-19-21-31-40-37-29-30-38(35(33-37)26-23-34-24-27-36(39)28-25-34)41-32-22-20-18-16-14-12-10-8-6-4-2/h23-30,33H,3-22,31-32H2,1-2H3/b26-23+. The van der Waals surface area contributed by atoms with E-state index >= 15 is 0 Å². The highest BCUT2D eigenvalue weighted by Crippen LogP contribution is 2.27. The zero-order valence-corrected chi connectivity index (χ0v) is 28.0. The van der Waals surface area contributed by atoms with Crippen LogP contribution in [0.4, 0.5) is 0 Å². The molecule has 2 nitrogen and oxygen atoms in total. The van der Waals surface area contributed by atoms with Crippen molar-refractivity contribution in [1.82, 2.24) is 0 Å². The number of benzene rings is 2. The summed E-state index contributed by atoms with van der Waals surface area (Å²) < 4.78 is 13.5. The Labute approximate surface area is 261 Å². The summed E-state index contributed by atoms with van der Waals surface area (Å²) in [6.45, 7) is 6.12. The van der Waals surface area contributed by atoms with E-state index in [1.54, 1.807) is 0 Å². The summed E-state index contributed by atoms with van der Waals surface area (Å²) in [7, 11) is 0. The second-order valence-electron chi connectivity index (χ2n) is 11.6. The number of halogens is 1. The minimum Gasteiger partial charge on any atom is -0.494 e. The van der Waals surface area contributed by atoms with Gasteiger partial charge in [-0.2, -0.15) is 0 Å². The van der Waals surface area contributed by atoms with Crippen LogP contribution in [0, 0.1) is 0 Å². The molecule has 2 aromatic rings. The van der Waals surface area contributed by atoms with Crippen molar-refractivity contribution < 1.29 is 9.47 Å². The SMILES string of the molecule is CCCCCCCCCCCCOc1ccc(OCCCCCCCCCCCC)c(/C=C/c2ccc(Br)cc2)c1. The molecule has 0 spiro atoms. The van der Waals surface area contributed by atoms with Crippen molar-refractivity contribution in [3.63, 3.8) is 0 Å². The van der Waals surface area contributed by atoms with E-state index in [-0.39, 0.29) is 0 Å². The molecule has 3 heteroatoms. The second-order valence-corrected chi connectivity index (χ2v) is 12.6. The van der Waals surface area contributed by atoms with Crippen molar-refractivity contribution in [3.8, 4) is 11.5 Å². The highest BCUT2D eigenvalue weighted by Gasteiger charge is 2.05. The maximum atomic E-state index is 6.27. The van der Waals surface area contributed by atoms with Gasteiger partial charge in [0, 0.05) is 10.0 Å². The number of rotatable bonds is 26. The van der Waals surface area contributed by atoms with E-state index in [9.17, 15) is 0 Å². The molecule has 0 aliphatic rings. The normalized spacial score (nSPS) is 11.4. The highest BCUT2D eigenvalue weighted by molar-refractivity contribution is 9.10. The van der Waals surface area contributed by atoms with Gasteiger partial charge in [0.15, 0.2) is 0 Å². The van der Waals surface area contributed by atoms with Crippen LogP contribution in [0.15, 0.2) is 46.9 Å². The van der Waals surface area contributed by atoms with E-state index < -0.39 is 0 Å². The van der Waals surface area contributed by atoms with Crippen LogP contribution in [0.2, 0.25) is 0 Å². The molecule has 41 heavy (non-hydrogen) atoms. The Balaban J connectivity index is 1.75. The molecule has 0 N–H and O–H groups in total. The molecule has 0 fully saturated rings. The Hall–Kier alpha value is -1.74. The van der Waals surface area contributed by atoms with Crippen molar-refractivity contribution in [2.24, 2.45) is 0 Å². The quantitative estimate of drug-likeness (QED) is 0.0763. The van der Waals surface area contributed by atoms with Crippen LogP contribution < -0.4 is 9.47 Å². The van der Waals surface area contributed by atoms with Gasteiger partial charge in [-0.3, -0.25) is 0 Å². The fraction of sp³-hybridized carbons (Fsp3) is 0.632. The van der Waals surface area contributed by atoms with Gasteiger partial charge < -0.3 is 9.47 Å². The first-order valence-electron chi connectivity index (χ1n) is 17.1. The molecule has 0 bridgehead atoms. The van der Waals surface area contributed by atoms with Gasteiger partial charge in [0.2, 0.25) is 0 Å². The minimum atomic E-state index is 0.772. The third-order valence-corrected chi connectivity index (χ3v) is 8.36. The highest BCUT2D eigenvalue weighted by atomic mass is 79.9. The Bertz CT molecular complexity index is 905. The lowest BCUT2D eigenvalue weighted by atomic mass is 10.1. The predicted molar refractivity (Wildman–Crippen MR) is 184 cm³/mol. The van der Waals surface area contributed by atoms with Crippen LogP contribution in [0.5, 0.6) is 11.5 Å². The molecule has 0 heterocycles. The summed E-state index contributed by atoms with van der Waals surface area (Å²) in [4.78, 5) is 0. The van der Waals surface area contributed by atoms with Crippen molar-refractivity contribution >= 4 is 28.1 Å². The van der Waals surface area contributed by atoms with Gasteiger partial charge in [-0.1, -0.05) is 170 Å². The average Bonchev–Trinajstić information content (AvgIpc) is 2.99. The lowest BCUT2D eigenvalue weighted by molar-refractivity contribution is 0.295. The summed E-state index contributed by atoms with van der Waals surface area (Å²) in [5.41, 5.74) is 2.26. The van der Waals surface area contributed by atoms with Gasteiger partial charge in [-0.05, 0) is 48.7 Å². The van der Waals surface area contributed by atoms with Crippen LogP contribution in [-0.4, -0.2) is 13.2 Å². The molecule has 230 valence electrons. The zero-order chi connectivity index (χ0) is 29.2. The lowest BCUT2D eigenvalue weighted by Crippen LogP contribution is -2.01. The largest absolute Gasteiger partial charge is 0.494 e. The van der Waals surface area contributed by atoms with Crippen LogP contribution in [0.25, 0.3) is 12.2 Å². The Morgan fingerprint density at radius 2 is 0.976 bits per heavy atom. The van der Waals surface area contributed by atoms with Crippen molar-refractivity contribution in [2.75, 3.05) is 13.2 Å². The first-order valence-corrected chi connectivity index (χ1v) is 17.9. The summed E-state index contributed by atoms with van der Waals surface area (Å²) >= 11 is 3.53. The number of unbranched alkanes of at least 4 members (excludes halogenated alkanes) is 18. The molecule has 0 saturated carbocycles. The topological polar surface area (TPSA) is 18.5 Å². The van der Waals surface area contributed by atoms with Gasteiger partial charge in [0.1, 0.15) is 11.5 Å². The fourth-order valence-corrected chi connectivity index (χ4v) is 5.45. The molecule has 0 aliphatic heterocycles. The zero-order valence-electron chi connectivity index (χ0n) is 26.4. The van der Waals surface area contributed by atoms with Crippen molar-refractivity contribution in [2.45, 2.75) is 142 Å². The van der Waals surface area contributed by atoms with Crippen molar-refractivity contribution in [3.05, 3.63) is 58.1 Å². The van der Waals surface area contributed by atoms with Gasteiger partial charge >= 0.3 is 0 Å². The Kier molecular flexibility index (Phi) is 21.5. The predicted octanol–water partition coefficient (Wildman–Crippen LogP) is 13.2. The first-order chi connectivity index (χ1) is 20.2. The molecule has 2 aromatic carbocycles. The summed E-state index contributed by atoms with van der Waals surface area (Å²) in [5.74, 6) is 1.88. The average molecular weight is 628 g/mol. The van der Waals surface area contributed by atoms with Gasteiger partial charge in [-0.15, -0.1) is 0 Å². The Morgan fingerprint density at radius 1 is 0.512 bits per heavy atom. The maximum Gasteiger partial charge on any atom is 0.126 e. The summed E-state index contributed by atoms with van der Waals surface area (Å²) in [5, 5.41) is 0. The van der Waals surface area contributed by atoms with E-state index in [2.05, 4.69) is 84.4 Å². The molecule has 0 aromatic heterocycles. The van der Waals surface area contributed by atoms with Crippen molar-refractivity contribution in [1.29, 1.82) is 0 Å². The molecule has 0 amide bonds. The second kappa shape index (κ2) is 24.8. The van der Waals surface area contributed by atoms with Crippen LogP contribution >= 0.6 is 15.9 Å². The van der Waals surface area contributed by atoms with E-state index in [1.165, 1.54) is 121 Å². The summed E-state index contributed by atoms with van der Waals surface area (Å²) in [6, 6.07) is 14.7. The van der Waals surface area contributed by atoms with Gasteiger partial charge in [0.25, 0.3) is 0 Å². The molecule has 0 atom stereocenters. The molecule has 0 aliphatic carbocycles. The smallest absolute Gasteiger partial charge is 0.126 e. The number of hydrogen-bond acceptors (Lipinski definition) is 2. The number of ether oxygens (including phenoxy) is 2. The lowest BCUT2D eigenvalue weighted by Gasteiger charge is -2.12. The molecule has 2 rings (SSSR count). The van der Waals surface area contributed by atoms with Crippen LogP contribution in [0.1, 0.15) is 153 Å². The van der Waals surface area contributed by atoms with E-state index in [4.69, 9.17) is 9.47 Å². The molecule has 0 saturated heterocycles. The molecular formula is C38H59BrO2. The molecular weight excluding hydrogens is 568 g/mol. The summed E-state index contributed by atoms with van der Waals surface area (Å²) in [6.07, 6.45) is 31.1. The third-order valence-electron chi connectivity index (χ3n) is 7.83. The molecule has 0 radical (unpaired) electrons. The monoisotopic (exact) mass is 626 g/mol. The molecule has 0 unspecified atom stereocenters. The van der Waals surface area contributed by atoms with Crippen LogP contribution in [-0.2, 0) is 0 Å². The van der Waals surface area contributed by atoms with E-state index in [0.29, 0.717) is 0 Å².